The van der Waals surface area contributed by atoms with Gasteiger partial charge in [0, 0.05) is 0 Å². The maximum Gasteiger partial charge on any atom is 0.254 e. The number of hydrogen-bond donors (Lipinski definition) is 2. The summed E-state index contributed by atoms with van der Waals surface area (Å²) in [5.74, 6) is 0.753. The number of aliphatic hydroxyl groups excluding tert-OH is 1. The summed E-state index contributed by atoms with van der Waals surface area (Å²) >= 11 is 0. The minimum atomic E-state index is -0.275. The molecule has 0 saturated heterocycles. The van der Waals surface area contributed by atoms with Gasteiger partial charge in [-0.15, -0.1) is 0 Å². The van der Waals surface area contributed by atoms with Gasteiger partial charge in [0.05, 0.1) is 19.0 Å². The van der Waals surface area contributed by atoms with Gasteiger partial charge in [0.2, 0.25) is 5.88 Å². The number of ether oxygens (including phenoxy) is 1. The zero-order valence-corrected chi connectivity index (χ0v) is 8.38. The van der Waals surface area contributed by atoms with Crippen LogP contribution >= 0.6 is 0 Å². The van der Waals surface area contributed by atoms with Gasteiger partial charge in [0.15, 0.2) is 0 Å². The van der Waals surface area contributed by atoms with Crippen LogP contribution in [0.3, 0.4) is 0 Å². The molecule has 82 valence electrons. The number of aromatic nitrogens is 2. The van der Waals surface area contributed by atoms with Gasteiger partial charge in [-0.2, -0.15) is 0 Å². The monoisotopic (exact) mass is 218 g/mol. The first-order valence-electron chi connectivity index (χ1n) is 4.70. The van der Waals surface area contributed by atoms with Gasteiger partial charge < -0.3 is 14.8 Å². The van der Waals surface area contributed by atoms with E-state index >= 15 is 0 Å². The van der Waals surface area contributed by atoms with Crippen molar-refractivity contribution in [2.75, 3.05) is 0 Å². The zero-order chi connectivity index (χ0) is 11.4. The summed E-state index contributed by atoms with van der Waals surface area (Å²) in [6, 6.07) is 8.20. The first-order chi connectivity index (χ1) is 7.78. The Labute approximate surface area is 91.4 Å². The van der Waals surface area contributed by atoms with Crippen molar-refractivity contribution in [2.45, 2.75) is 6.61 Å². The van der Waals surface area contributed by atoms with Gasteiger partial charge in [0.1, 0.15) is 5.75 Å². The van der Waals surface area contributed by atoms with Crippen molar-refractivity contribution in [1.82, 2.24) is 9.97 Å². The second kappa shape index (κ2) is 4.59. The highest BCUT2D eigenvalue weighted by Crippen LogP contribution is 2.18. The van der Waals surface area contributed by atoms with Gasteiger partial charge in [-0.1, -0.05) is 12.1 Å². The Balaban J connectivity index is 2.23. The van der Waals surface area contributed by atoms with E-state index in [9.17, 15) is 4.79 Å². The average Bonchev–Trinajstić information content (AvgIpc) is 2.29. The fraction of sp³-hybridized carbons (Fsp3) is 0.0909. The molecular weight excluding hydrogens is 208 g/mol. The van der Waals surface area contributed by atoms with Crippen LogP contribution in [-0.4, -0.2) is 15.1 Å². The van der Waals surface area contributed by atoms with E-state index in [1.165, 1.54) is 12.4 Å². The number of H-pyrrole nitrogens is 1. The van der Waals surface area contributed by atoms with Crippen LogP contribution in [0.1, 0.15) is 5.56 Å². The Morgan fingerprint density at radius 2 is 2.25 bits per heavy atom. The summed E-state index contributed by atoms with van der Waals surface area (Å²) in [6.07, 6.45) is 1.27. The van der Waals surface area contributed by atoms with Gasteiger partial charge in [-0.25, -0.2) is 4.98 Å². The quantitative estimate of drug-likeness (QED) is 0.807. The highest BCUT2D eigenvalue weighted by atomic mass is 16.5. The molecule has 2 aromatic rings. The van der Waals surface area contributed by atoms with E-state index in [1.54, 1.807) is 24.3 Å². The summed E-state index contributed by atoms with van der Waals surface area (Å²) in [7, 11) is 0. The van der Waals surface area contributed by atoms with Gasteiger partial charge in [0.25, 0.3) is 5.56 Å². The predicted octanol–water partition coefficient (Wildman–Crippen LogP) is 1.05. The highest BCUT2D eigenvalue weighted by Gasteiger charge is 2.00. The van der Waals surface area contributed by atoms with E-state index in [4.69, 9.17) is 9.84 Å². The van der Waals surface area contributed by atoms with Crippen LogP contribution in [0.4, 0.5) is 0 Å². The molecule has 1 aromatic heterocycles. The smallest absolute Gasteiger partial charge is 0.254 e. The molecule has 1 aromatic carbocycles. The van der Waals surface area contributed by atoms with E-state index in [1.807, 2.05) is 0 Å². The Bertz CT molecular complexity index is 537. The van der Waals surface area contributed by atoms with Gasteiger partial charge in [-0.3, -0.25) is 4.79 Å². The van der Waals surface area contributed by atoms with Gasteiger partial charge >= 0.3 is 0 Å². The number of aliphatic hydroxyl groups is 1. The minimum Gasteiger partial charge on any atom is -0.439 e. The molecule has 5 nitrogen and oxygen atoms in total. The summed E-state index contributed by atoms with van der Waals surface area (Å²) in [5, 5.41) is 8.95. The molecule has 0 fully saturated rings. The largest absolute Gasteiger partial charge is 0.439 e. The molecule has 0 aliphatic rings. The molecule has 0 atom stereocenters. The molecule has 0 aliphatic heterocycles. The normalized spacial score (nSPS) is 10.1. The van der Waals surface area contributed by atoms with E-state index < -0.39 is 0 Å². The van der Waals surface area contributed by atoms with Crippen LogP contribution in [0.5, 0.6) is 11.6 Å². The molecule has 0 saturated carbocycles. The number of rotatable bonds is 3. The maximum absolute atomic E-state index is 11.0. The summed E-state index contributed by atoms with van der Waals surface area (Å²) in [4.78, 5) is 17.2. The Kier molecular flexibility index (Phi) is 2.98. The number of nitrogens with zero attached hydrogens (tertiary/aromatic N) is 1. The fourth-order valence-corrected chi connectivity index (χ4v) is 1.23. The molecule has 2 N–H and O–H groups in total. The number of hydrogen-bond acceptors (Lipinski definition) is 4. The molecule has 0 unspecified atom stereocenters. The van der Waals surface area contributed by atoms with Crippen molar-refractivity contribution in [1.29, 1.82) is 0 Å². The number of nitrogens with one attached hydrogen (secondary N) is 1. The lowest BCUT2D eigenvalue weighted by Gasteiger charge is -2.04. The van der Waals surface area contributed by atoms with Crippen molar-refractivity contribution in [3.05, 3.63) is 52.6 Å². The first kappa shape index (κ1) is 10.4. The van der Waals surface area contributed by atoms with Crippen LogP contribution in [0.15, 0.2) is 41.5 Å². The van der Waals surface area contributed by atoms with Crippen molar-refractivity contribution in [2.24, 2.45) is 0 Å². The molecule has 0 radical (unpaired) electrons. The maximum atomic E-state index is 11.0. The Morgan fingerprint density at radius 3 is 3.00 bits per heavy atom. The molecule has 2 rings (SSSR count). The highest BCUT2D eigenvalue weighted by molar-refractivity contribution is 5.30. The second-order valence-electron chi connectivity index (χ2n) is 3.16. The lowest BCUT2D eigenvalue weighted by Crippen LogP contribution is -2.04. The topological polar surface area (TPSA) is 75.2 Å². The molecule has 16 heavy (non-hydrogen) atoms. The fourth-order valence-electron chi connectivity index (χ4n) is 1.23. The molecule has 5 heteroatoms. The average molecular weight is 218 g/mol. The second-order valence-corrected chi connectivity index (χ2v) is 3.16. The van der Waals surface area contributed by atoms with E-state index in [0.717, 1.165) is 5.56 Å². The Hall–Kier alpha value is -2.14. The SMILES string of the molecule is O=c1cc(Oc2cccc(CO)c2)nc[nH]1. The number of aromatic amines is 1. The zero-order valence-electron chi connectivity index (χ0n) is 8.38. The van der Waals surface area contributed by atoms with Crippen LogP contribution < -0.4 is 10.3 Å². The summed E-state index contributed by atoms with van der Waals surface area (Å²) < 4.78 is 5.36. The lowest BCUT2D eigenvalue weighted by molar-refractivity contribution is 0.281. The molecule has 0 bridgehead atoms. The van der Waals surface area contributed by atoms with Crippen molar-refractivity contribution in [3.8, 4) is 11.6 Å². The molecule has 0 aliphatic carbocycles. The van der Waals surface area contributed by atoms with Crippen LogP contribution in [-0.2, 0) is 6.61 Å². The van der Waals surface area contributed by atoms with E-state index in [-0.39, 0.29) is 18.0 Å². The van der Waals surface area contributed by atoms with Crippen LogP contribution in [0, 0.1) is 0 Å². The molecule has 0 spiro atoms. The van der Waals surface area contributed by atoms with E-state index in [2.05, 4.69) is 9.97 Å². The van der Waals surface area contributed by atoms with E-state index in [0.29, 0.717) is 5.75 Å². The van der Waals surface area contributed by atoms with Crippen LogP contribution in [0.25, 0.3) is 0 Å². The third-order valence-electron chi connectivity index (χ3n) is 1.96. The van der Waals surface area contributed by atoms with Crippen molar-refractivity contribution >= 4 is 0 Å². The Morgan fingerprint density at radius 1 is 1.38 bits per heavy atom. The number of benzene rings is 1. The summed E-state index contributed by atoms with van der Waals surface area (Å²) in [5.41, 5.74) is 0.464. The third kappa shape index (κ3) is 2.46. The molecule has 1 heterocycles. The molecular formula is C11H10N2O3. The third-order valence-corrected chi connectivity index (χ3v) is 1.96. The first-order valence-corrected chi connectivity index (χ1v) is 4.70. The standard InChI is InChI=1S/C11H10N2O3/c14-6-8-2-1-3-9(4-8)16-11-5-10(15)12-7-13-11/h1-5,7,14H,6H2,(H,12,13,15). The van der Waals surface area contributed by atoms with Crippen molar-refractivity contribution < 1.29 is 9.84 Å². The summed E-state index contributed by atoms with van der Waals surface area (Å²) in [6.45, 7) is -0.0556. The van der Waals surface area contributed by atoms with Crippen molar-refractivity contribution in [3.63, 3.8) is 0 Å². The lowest BCUT2D eigenvalue weighted by atomic mass is 10.2. The molecule has 0 amide bonds. The minimum absolute atomic E-state index is 0.0556. The van der Waals surface area contributed by atoms with Gasteiger partial charge in [-0.05, 0) is 17.7 Å². The van der Waals surface area contributed by atoms with Crippen LogP contribution in [0.2, 0.25) is 0 Å². The predicted molar refractivity (Wildman–Crippen MR) is 57.3 cm³/mol.